The first-order valence-electron chi connectivity index (χ1n) is 10.5. The van der Waals surface area contributed by atoms with Crippen molar-refractivity contribution in [1.82, 2.24) is 19.2 Å². The number of fused-ring (bicyclic) bond motifs is 1. The van der Waals surface area contributed by atoms with E-state index in [1.165, 1.54) is 4.31 Å². The molecule has 4 rings (SSSR count). The zero-order valence-corrected chi connectivity index (χ0v) is 19.3. The molecular weight excluding hydrogens is 436 g/mol. The van der Waals surface area contributed by atoms with E-state index in [1.807, 2.05) is 30.3 Å². The molecule has 1 unspecified atom stereocenters. The number of imidazole rings is 1. The topological polar surface area (TPSA) is 76.5 Å². The van der Waals surface area contributed by atoms with Gasteiger partial charge in [0.1, 0.15) is 5.82 Å². The van der Waals surface area contributed by atoms with E-state index in [1.54, 1.807) is 12.1 Å². The third kappa shape index (κ3) is 4.49. The van der Waals surface area contributed by atoms with Crippen LogP contribution in [0.2, 0.25) is 5.02 Å². The smallest absolute Gasteiger partial charge is 0.243 e. The Kier molecular flexibility index (Phi) is 6.64. The number of morpholine rings is 1. The second-order valence-corrected chi connectivity index (χ2v) is 9.91. The summed E-state index contributed by atoms with van der Waals surface area (Å²) in [6.45, 7) is 6.99. The Bertz CT molecular complexity index is 1170. The van der Waals surface area contributed by atoms with Crippen molar-refractivity contribution in [3.8, 4) is 0 Å². The van der Waals surface area contributed by atoms with Gasteiger partial charge in [-0.15, -0.1) is 0 Å². The molecule has 3 aromatic rings. The SMILES string of the molecule is CCn1c(CNC(C)c2ccccc2Cl)nc2cc(S(=O)(=O)N3CCOCC3)ccc21. The first-order valence-corrected chi connectivity index (χ1v) is 12.3. The van der Waals surface area contributed by atoms with E-state index in [0.717, 1.165) is 28.5 Å². The summed E-state index contributed by atoms with van der Waals surface area (Å²) >= 11 is 6.32. The van der Waals surface area contributed by atoms with Crippen LogP contribution in [-0.4, -0.2) is 48.6 Å². The van der Waals surface area contributed by atoms with Crippen molar-refractivity contribution in [1.29, 1.82) is 0 Å². The molecule has 0 radical (unpaired) electrons. The maximum Gasteiger partial charge on any atom is 0.243 e. The molecule has 1 fully saturated rings. The van der Waals surface area contributed by atoms with E-state index >= 15 is 0 Å². The van der Waals surface area contributed by atoms with Crippen LogP contribution in [0.15, 0.2) is 47.4 Å². The summed E-state index contributed by atoms with van der Waals surface area (Å²) in [4.78, 5) is 5.02. The maximum absolute atomic E-state index is 13.0. The number of ether oxygens (including phenoxy) is 1. The highest BCUT2D eigenvalue weighted by atomic mass is 35.5. The van der Waals surface area contributed by atoms with E-state index in [-0.39, 0.29) is 10.9 Å². The standard InChI is InChI=1S/C22H27ClN4O3S/c1-3-27-21-9-8-17(31(28,29)26-10-12-30-13-11-26)14-20(21)25-22(27)15-24-16(2)18-6-4-5-7-19(18)23/h4-9,14,16,24H,3,10-13,15H2,1-2H3. The normalized spacial score (nSPS) is 16.6. The molecule has 1 atom stereocenters. The summed E-state index contributed by atoms with van der Waals surface area (Å²) in [5.41, 5.74) is 2.63. The van der Waals surface area contributed by atoms with Gasteiger partial charge in [0.2, 0.25) is 10.0 Å². The monoisotopic (exact) mass is 462 g/mol. The first-order chi connectivity index (χ1) is 14.9. The van der Waals surface area contributed by atoms with Crippen molar-refractivity contribution >= 4 is 32.7 Å². The van der Waals surface area contributed by atoms with E-state index in [9.17, 15) is 8.42 Å². The number of benzene rings is 2. The predicted molar refractivity (Wildman–Crippen MR) is 122 cm³/mol. The lowest BCUT2D eigenvalue weighted by Crippen LogP contribution is -2.40. The lowest BCUT2D eigenvalue weighted by molar-refractivity contribution is 0.0730. The summed E-state index contributed by atoms with van der Waals surface area (Å²) in [6.07, 6.45) is 0. The molecule has 1 aromatic heterocycles. The Hall–Kier alpha value is -1.97. The van der Waals surface area contributed by atoms with Crippen LogP contribution in [-0.2, 0) is 27.8 Å². The zero-order chi connectivity index (χ0) is 22.0. The second-order valence-electron chi connectivity index (χ2n) is 7.56. The molecule has 1 N–H and O–H groups in total. The highest BCUT2D eigenvalue weighted by Gasteiger charge is 2.27. The number of aryl methyl sites for hydroxylation is 1. The van der Waals surface area contributed by atoms with Gasteiger partial charge in [0.25, 0.3) is 0 Å². The highest BCUT2D eigenvalue weighted by Crippen LogP contribution is 2.25. The Morgan fingerprint density at radius 1 is 1.19 bits per heavy atom. The molecule has 31 heavy (non-hydrogen) atoms. The lowest BCUT2D eigenvalue weighted by atomic mass is 10.1. The summed E-state index contributed by atoms with van der Waals surface area (Å²) < 4.78 is 34.9. The molecule has 0 amide bonds. The van der Waals surface area contributed by atoms with Crippen molar-refractivity contribution in [3.05, 3.63) is 58.9 Å². The van der Waals surface area contributed by atoms with Gasteiger partial charge in [-0.05, 0) is 43.7 Å². The molecule has 0 aliphatic carbocycles. The number of halogens is 1. The van der Waals surface area contributed by atoms with Gasteiger partial charge in [0.05, 0.1) is 35.7 Å². The van der Waals surface area contributed by atoms with E-state index < -0.39 is 10.0 Å². The summed E-state index contributed by atoms with van der Waals surface area (Å²) in [7, 11) is -3.56. The van der Waals surface area contributed by atoms with Crippen LogP contribution < -0.4 is 5.32 Å². The third-order valence-electron chi connectivity index (χ3n) is 5.66. The molecule has 2 aromatic carbocycles. The Morgan fingerprint density at radius 3 is 2.65 bits per heavy atom. The van der Waals surface area contributed by atoms with E-state index in [2.05, 4.69) is 23.7 Å². The van der Waals surface area contributed by atoms with Gasteiger partial charge in [0.15, 0.2) is 0 Å². The number of hydrogen-bond donors (Lipinski definition) is 1. The van der Waals surface area contributed by atoms with Crippen LogP contribution in [0.3, 0.4) is 0 Å². The van der Waals surface area contributed by atoms with Gasteiger partial charge >= 0.3 is 0 Å². The average molecular weight is 463 g/mol. The fourth-order valence-electron chi connectivity index (χ4n) is 3.92. The summed E-state index contributed by atoms with van der Waals surface area (Å²) in [5.74, 6) is 0.859. The van der Waals surface area contributed by atoms with Crippen molar-refractivity contribution in [2.45, 2.75) is 37.9 Å². The number of rotatable bonds is 7. The molecule has 166 valence electrons. The lowest BCUT2D eigenvalue weighted by Gasteiger charge is -2.26. The van der Waals surface area contributed by atoms with Gasteiger partial charge in [-0.1, -0.05) is 29.8 Å². The van der Waals surface area contributed by atoms with Crippen LogP contribution in [0.25, 0.3) is 11.0 Å². The number of aromatic nitrogens is 2. The quantitative estimate of drug-likeness (QED) is 0.580. The third-order valence-corrected chi connectivity index (χ3v) is 7.90. The van der Waals surface area contributed by atoms with E-state index in [4.69, 9.17) is 21.3 Å². The molecule has 1 saturated heterocycles. The van der Waals surface area contributed by atoms with Crippen LogP contribution in [0.5, 0.6) is 0 Å². The minimum atomic E-state index is -3.56. The van der Waals surface area contributed by atoms with Gasteiger partial charge in [0, 0.05) is 30.7 Å². The predicted octanol–water partition coefficient (Wildman–Crippen LogP) is 3.58. The Balaban J connectivity index is 1.59. The number of nitrogens with zero attached hydrogens (tertiary/aromatic N) is 3. The minimum absolute atomic E-state index is 0.0519. The maximum atomic E-state index is 13.0. The molecule has 0 bridgehead atoms. The van der Waals surface area contributed by atoms with Gasteiger partial charge < -0.3 is 14.6 Å². The largest absolute Gasteiger partial charge is 0.379 e. The number of sulfonamides is 1. The summed E-state index contributed by atoms with van der Waals surface area (Å²) in [6, 6.07) is 13.0. The molecule has 7 nitrogen and oxygen atoms in total. The Morgan fingerprint density at radius 2 is 1.94 bits per heavy atom. The fourth-order valence-corrected chi connectivity index (χ4v) is 5.65. The van der Waals surface area contributed by atoms with Crippen LogP contribution in [0.4, 0.5) is 0 Å². The molecular formula is C22H27ClN4O3S. The molecule has 1 aliphatic heterocycles. The molecule has 1 aliphatic rings. The molecule has 2 heterocycles. The first kappa shape index (κ1) is 22.2. The Labute approximate surface area is 188 Å². The van der Waals surface area contributed by atoms with Crippen LogP contribution in [0, 0.1) is 0 Å². The van der Waals surface area contributed by atoms with Crippen molar-refractivity contribution in [2.24, 2.45) is 0 Å². The van der Waals surface area contributed by atoms with Gasteiger partial charge in [-0.25, -0.2) is 13.4 Å². The van der Waals surface area contributed by atoms with Gasteiger partial charge in [-0.2, -0.15) is 4.31 Å². The number of hydrogen-bond acceptors (Lipinski definition) is 5. The molecule has 0 spiro atoms. The molecule has 9 heteroatoms. The van der Waals surface area contributed by atoms with Crippen LogP contribution >= 0.6 is 11.6 Å². The minimum Gasteiger partial charge on any atom is -0.379 e. The van der Waals surface area contributed by atoms with Crippen molar-refractivity contribution < 1.29 is 13.2 Å². The molecule has 0 saturated carbocycles. The zero-order valence-electron chi connectivity index (χ0n) is 17.7. The van der Waals surface area contributed by atoms with Crippen molar-refractivity contribution in [2.75, 3.05) is 26.3 Å². The average Bonchev–Trinajstić information content (AvgIpc) is 3.15. The second kappa shape index (κ2) is 9.26. The van der Waals surface area contributed by atoms with E-state index in [0.29, 0.717) is 38.4 Å². The highest BCUT2D eigenvalue weighted by molar-refractivity contribution is 7.89. The van der Waals surface area contributed by atoms with Crippen LogP contribution in [0.1, 0.15) is 31.3 Å². The van der Waals surface area contributed by atoms with Gasteiger partial charge in [-0.3, -0.25) is 0 Å². The van der Waals surface area contributed by atoms with Crippen molar-refractivity contribution in [3.63, 3.8) is 0 Å². The summed E-state index contributed by atoms with van der Waals surface area (Å²) in [5, 5.41) is 4.21. The fraction of sp³-hybridized carbons (Fsp3) is 0.409. The number of nitrogens with one attached hydrogen (secondary N) is 1.